The molecule has 1 saturated heterocycles. The van der Waals surface area contributed by atoms with Crippen LogP contribution in [0.1, 0.15) is 12.8 Å². The summed E-state index contributed by atoms with van der Waals surface area (Å²) in [6, 6.07) is 6.90. The molecule has 0 bridgehead atoms. The molecule has 0 radical (unpaired) electrons. The van der Waals surface area contributed by atoms with Gasteiger partial charge in [-0.1, -0.05) is 11.6 Å². The first-order valence-corrected chi connectivity index (χ1v) is 8.98. The molecule has 1 heterocycles. The van der Waals surface area contributed by atoms with Gasteiger partial charge < -0.3 is 24.4 Å². The molecule has 1 aliphatic rings. The lowest BCUT2D eigenvalue weighted by atomic mass is 10.1. The average molecular weight is 385 g/mol. The van der Waals surface area contributed by atoms with E-state index in [9.17, 15) is 9.59 Å². The summed E-state index contributed by atoms with van der Waals surface area (Å²) in [5.74, 6) is 0.392. The van der Waals surface area contributed by atoms with Crippen LogP contribution >= 0.6 is 11.6 Å². The highest BCUT2D eigenvalue weighted by Crippen LogP contribution is 2.15. The molecule has 2 rings (SSSR count). The molecule has 26 heavy (non-hydrogen) atoms. The zero-order valence-electron chi connectivity index (χ0n) is 14.9. The fourth-order valence-corrected chi connectivity index (χ4v) is 2.74. The Morgan fingerprint density at radius 2 is 1.85 bits per heavy atom. The zero-order chi connectivity index (χ0) is 18.8. The number of likely N-dealkylation sites (tertiary alicyclic amines) is 1. The first-order valence-electron chi connectivity index (χ1n) is 8.60. The van der Waals surface area contributed by atoms with Gasteiger partial charge in [-0.05, 0) is 37.1 Å². The first-order chi connectivity index (χ1) is 12.6. The number of carbonyl (C=O) groups excluding carboxylic acids is 2. The monoisotopic (exact) mass is 384 g/mol. The summed E-state index contributed by atoms with van der Waals surface area (Å²) in [6.07, 6.45) is 1.44. The Kier molecular flexibility index (Phi) is 8.67. The highest BCUT2D eigenvalue weighted by molar-refractivity contribution is 6.30. The number of nitrogens with zero attached hydrogens (tertiary/aromatic N) is 1. The molecular weight excluding hydrogens is 360 g/mol. The van der Waals surface area contributed by atoms with Crippen LogP contribution in [0.5, 0.6) is 5.75 Å². The Labute approximate surface area is 158 Å². The van der Waals surface area contributed by atoms with Crippen LogP contribution in [0, 0.1) is 0 Å². The summed E-state index contributed by atoms with van der Waals surface area (Å²) in [4.78, 5) is 25.8. The Morgan fingerprint density at radius 1 is 1.15 bits per heavy atom. The van der Waals surface area contributed by atoms with Crippen molar-refractivity contribution in [3.05, 3.63) is 29.3 Å². The number of hydrogen-bond acceptors (Lipinski definition) is 5. The molecule has 144 valence electrons. The van der Waals surface area contributed by atoms with Gasteiger partial charge in [0.25, 0.3) is 5.91 Å². The summed E-state index contributed by atoms with van der Waals surface area (Å²) in [7, 11) is 1.59. The van der Waals surface area contributed by atoms with Crippen molar-refractivity contribution < 1.29 is 23.8 Å². The van der Waals surface area contributed by atoms with E-state index in [0.717, 1.165) is 12.8 Å². The number of hydrogen-bond donors (Lipinski definition) is 1. The number of benzene rings is 1. The topological polar surface area (TPSA) is 77.1 Å². The minimum absolute atomic E-state index is 0.0306. The molecule has 0 unspecified atom stereocenters. The van der Waals surface area contributed by atoms with Gasteiger partial charge in [0, 0.05) is 31.3 Å². The van der Waals surface area contributed by atoms with Crippen molar-refractivity contribution in [2.75, 3.05) is 46.6 Å². The molecule has 1 fully saturated rings. The second kappa shape index (κ2) is 11.0. The minimum Gasteiger partial charge on any atom is -0.484 e. The number of rotatable bonds is 9. The van der Waals surface area contributed by atoms with Crippen molar-refractivity contribution in [1.29, 1.82) is 0 Å². The van der Waals surface area contributed by atoms with E-state index in [1.807, 2.05) is 0 Å². The number of amides is 2. The molecule has 1 aliphatic heterocycles. The van der Waals surface area contributed by atoms with Crippen molar-refractivity contribution in [2.45, 2.75) is 18.9 Å². The van der Waals surface area contributed by atoms with E-state index in [-0.39, 0.29) is 31.1 Å². The fourth-order valence-electron chi connectivity index (χ4n) is 2.62. The number of methoxy groups -OCH3 is 1. The van der Waals surface area contributed by atoms with E-state index in [2.05, 4.69) is 5.32 Å². The normalized spacial score (nSPS) is 14.9. The maximum atomic E-state index is 12.0. The second-order valence-electron chi connectivity index (χ2n) is 6.01. The molecule has 7 nitrogen and oxygen atoms in total. The molecule has 0 aromatic heterocycles. The molecule has 0 saturated carbocycles. The third-order valence-corrected chi connectivity index (χ3v) is 4.31. The maximum Gasteiger partial charge on any atom is 0.258 e. The van der Waals surface area contributed by atoms with E-state index < -0.39 is 0 Å². The molecule has 1 N–H and O–H groups in total. The lowest BCUT2D eigenvalue weighted by Crippen LogP contribution is -2.48. The van der Waals surface area contributed by atoms with Gasteiger partial charge in [0.05, 0.1) is 13.2 Å². The molecular formula is C18H25ClN2O5. The molecule has 0 aliphatic carbocycles. The van der Waals surface area contributed by atoms with Crippen LogP contribution in [-0.4, -0.2) is 69.4 Å². The SMILES string of the molecule is COCCOCC(=O)N1CCC(NC(=O)COc2ccc(Cl)cc2)CC1. The quantitative estimate of drug-likeness (QED) is 0.653. The largest absolute Gasteiger partial charge is 0.484 e. The van der Waals surface area contributed by atoms with Crippen molar-refractivity contribution >= 4 is 23.4 Å². The smallest absolute Gasteiger partial charge is 0.258 e. The van der Waals surface area contributed by atoms with Crippen molar-refractivity contribution in [3.63, 3.8) is 0 Å². The van der Waals surface area contributed by atoms with Gasteiger partial charge in [-0.2, -0.15) is 0 Å². The number of halogens is 1. The summed E-state index contributed by atoms with van der Waals surface area (Å²) in [6.45, 7) is 2.11. The molecule has 1 aromatic carbocycles. The van der Waals surface area contributed by atoms with Crippen molar-refractivity contribution in [1.82, 2.24) is 10.2 Å². The van der Waals surface area contributed by atoms with Gasteiger partial charge in [0.15, 0.2) is 6.61 Å². The van der Waals surface area contributed by atoms with E-state index in [1.54, 1.807) is 36.3 Å². The first kappa shape index (κ1) is 20.5. The highest BCUT2D eigenvalue weighted by atomic mass is 35.5. The van der Waals surface area contributed by atoms with Crippen molar-refractivity contribution in [3.8, 4) is 5.75 Å². The molecule has 8 heteroatoms. The fraction of sp³-hybridized carbons (Fsp3) is 0.556. The lowest BCUT2D eigenvalue weighted by Gasteiger charge is -2.32. The Bertz CT molecular complexity index is 573. The van der Waals surface area contributed by atoms with Crippen molar-refractivity contribution in [2.24, 2.45) is 0 Å². The second-order valence-corrected chi connectivity index (χ2v) is 6.45. The zero-order valence-corrected chi connectivity index (χ0v) is 15.7. The predicted octanol–water partition coefficient (Wildman–Crippen LogP) is 1.49. The highest BCUT2D eigenvalue weighted by Gasteiger charge is 2.23. The van der Waals surface area contributed by atoms with E-state index in [4.69, 9.17) is 25.8 Å². The van der Waals surface area contributed by atoms with Gasteiger partial charge >= 0.3 is 0 Å². The van der Waals surface area contributed by atoms with E-state index >= 15 is 0 Å². The Morgan fingerprint density at radius 3 is 2.50 bits per heavy atom. The van der Waals surface area contributed by atoms with Crippen LogP contribution in [0.15, 0.2) is 24.3 Å². The van der Waals surface area contributed by atoms with Gasteiger partial charge in [-0.15, -0.1) is 0 Å². The van der Waals surface area contributed by atoms with Crippen LogP contribution in [-0.2, 0) is 19.1 Å². The van der Waals surface area contributed by atoms with Gasteiger partial charge in [0.1, 0.15) is 12.4 Å². The van der Waals surface area contributed by atoms with Crippen LogP contribution in [0.3, 0.4) is 0 Å². The standard InChI is InChI=1S/C18H25ClN2O5/c1-24-10-11-25-13-18(23)21-8-6-15(7-9-21)20-17(22)12-26-16-4-2-14(19)3-5-16/h2-5,15H,6-13H2,1H3,(H,20,22). The van der Waals surface area contributed by atoms with E-state index in [1.165, 1.54) is 0 Å². The predicted molar refractivity (Wildman–Crippen MR) is 97.4 cm³/mol. The van der Waals surface area contributed by atoms with Crippen LogP contribution in [0.25, 0.3) is 0 Å². The number of nitrogens with one attached hydrogen (secondary N) is 1. The number of ether oxygens (including phenoxy) is 3. The van der Waals surface area contributed by atoms with Crippen LogP contribution in [0.2, 0.25) is 5.02 Å². The van der Waals surface area contributed by atoms with Gasteiger partial charge in [-0.25, -0.2) is 0 Å². The van der Waals surface area contributed by atoms with Crippen LogP contribution in [0.4, 0.5) is 0 Å². The summed E-state index contributed by atoms with van der Waals surface area (Å²) >= 11 is 5.80. The molecule has 0 atom stereocenters. The maximum absolute atomic E-state index is 12.0. The molecule has 0 spiro atoms. The van der Waals surface area contributed by atoms with Crippen LogP contribution < -0.4 is 10.1 Å². The number of carbonyl (C=O) groups is 2. The number of piperidine rings is 1. The molecule has 2 amide bonds. The average Bonchev–Trinajstić information content (AvgIpc) is 2.65. The summed E-state index contributed by atoms with van der Waals surface area (Å²) < 4.78 is 15.5. The third kappa shape index (κ3) is 7.19. The summed E-state index contributed by atoms with van der Waals surface area (Å²) in [5.41, 5.74) is 0. The Balaban J connectivity index is 1.62. The third-order valence-electron chi connectivity index (χ3n) is 4.05. The summed E-state index contributed by atoms with van der Waals surface area (Å²) in [5, 5.41) is 3.56. The van der Waals surface area contributed by atoms with E-state index in [0.29, 0.717) is 37.1 Å². The van der Waals surface area contributed by atoms with Gasteiger partial charge in [-0.3, -0.25) is 9.59 Å². The Hall–Kier alpha value is -1.83. The lowest BCUT2D eigenvalue weighted by molar-refractivity contribution is -0.137. The molecule has 1 aromatic rings. The minimum atomic E-state index is -0.173. The van der Waals surface area contributed by atoms with Gasteiger partial charge in [0.2, 0.25) is 5.91 Å².